The SMILES string of the molecule is O=C(CCCCCN1C(=O)c2ccccc2C1=O)OCCCN1C(=O)c2ccc(Br)cc2C1=O. The quantitative estimate of drug-likeness (QED) is 0.265. The van der Waals surface area contributed by atoms with Crippen molar-refractivity contribution in [2.45, 2.75) is 32.1 Å². The second-order valence-corrected chi connectivity index (χ2v) is 9.06. The zero-order chi connectivity index (χ0) is 24.2. The van der Waals surface area contributed by atoms with Crippen LogP contribution in [0.15, 0.2) is 46.9 Å². The minimum absolute atomic E-state index is 0.116. The van der Waals surface area contributed by atoms with E-state index in [0.29, 0.717) is 54.5 Å². The van der Waals surface area contributed by atoms with E-state index in [9.17, 15) is 24.0 Å². The number of hydrogen-bond acceptors (Lipinski definition) is 6. The number of halogens is 1. The summed E-state index contributed by atoms with van der Waals surface area (Å²) in [4.78, 5) is 63.8. The third-order valence-electron chi connectivity index (χ3n) is 5.86. The molecule has 2 aromatic carbocycles. The molecule has 0 N–H and O–H groups in total. The zero-order valence-corrected chi connectivity index (χ0v) is 20.0. The Kier molecular flexibility index (Phi) is 7.21. The molecule has 0 fully saturated rings. The Hall–Kier alpha value is -3.33. The molecule has 176 valence electrons. The number of carbonyl (C=O) groups is 5. The van der Waals surface area contributed by atoms with Gasteiger partial charge in [0.1, 0.15) is 0 Å². The smallest absolute Gasteiger partial charge is 0.305 e. The molecule has 0 radical (unpaired) electrons. The van der Waals surface area contributed by atoms with E-state index >= 15 is 0 Å². The Morgan fingerprint density at radius 3 is 1.91 bits per heavy atom. The number of hydrogen-bond donors (Lipinski definition) is 0. The number of amides is 4. The second kappa shape index (κ2) is 10.3. The van der Waals surface area contributed by atoms with Gasteiger partial charge < -0.3 is 4.74 Å². The van der Waals surface area contributed by atoms with Crippen LogP contribution in [-0.2, 0) is 9.53 Å². The summed E-state index contributed by atoms with van der Waals surface area (Å²) in [5.41, 5.74) is 1.62. The van der Waals surface area contributed by atoms with Crippen molar-refractivity contribution in [1.82, 2.24) is 9.80 Å². The number of nitrogens with zero attached hydrogens (tertiary/aromatic N) is 2. The molecule has 9 heteroatoms. The fraction of sp³-hybridized carbons (Fsp3) is 0.320. The molecule has 0 atom stereocenters. The maximum Gasteiger partial charge on any atom is 0.305 e. The average molecular weight is 527 g/mol. The molecule has 2 aromatic rings. The molecule has 0 aliphatic carbocycles. The third kappa shape index (κ3) is 4.79. The molecule has 8 nitrogen and oxygen atoms in total. The first-order valence-corrected chi connectivity index (χ1v) is 11.9. The molecule has 0 spiro atoms. The molecule has 0 aromatic heterocycles. The van der Waals surface area contributed by atoms with Crippen LogP contribution in [0.25, 0.3) is 0 Å². The highest BCUT2D eigenvalue weighted by atomic mass is 79.9. The lowest BCUT2D eigenvalue weighted by molar-refractivity contribution is -0.143. The fourth-order valence-corrected chi connectivity index (χ4v) is 4.47. The molecule has 2 aliphatic heterocycles. The van der Waals surface area contributed by atoms with Crippen LogP contribution in [0.2, 0.25) is 0 Å². The van der Waals surface area contributed by atoms with Crippen LogP contribution in [0.4, 0.5) is 0 Å². The van der Waals surface area contributed by atoms with Crippen LogP contribution >= 0.6 is 15.9 Å². The number of esters is 1. The van der Waals surface area contributed by atoms with Gasteiger partial charge in [-0.05, 0) is 49.6 Å². The summed E-state index contributed by atoms with van der Waals surface area (Å²) in [6, 6.07) is 11.7. The van der Waals surface area contributed by atoms with Gasteiger partial charge in [0.05, 0.1) is 28.9 Å². The van der Waals surface area contributed by atoms with Gasteiger partial charge in [-0.2, -0.15) is 0 Å². The van der Waals surface area contributed by atoms with Crippen LogP contribution in [0.5, 0.6) is 0 Å². The predicted octanol–water partition coefficient (Wildman–Crippen LogP) is 3.84. The van der Waals surface area contributed by atoms with E-state index in [4.69, 9.17) is 4.74 Å². The number of imide groups is 2. The van der Waals surface area contributed by atoms with E-state index < -0.39 is 0 Å². The number of rotatable bonds is 10. The van der Waals surface area contributed by atoms with Crippen molar-refractivity contribution in [3.63, 3.8) is 0 Å². The number of ether oxygens (including phenoxy) is 1. The molecular weight excluding hydrogens is 504 g/mol. The summed E-state index contributed by atoms with van der Waals surface area (Å²) in [6.07, 6.45) is 2.44. The summed E-state index contributed by atoms with van der Waals surface area (Å²) in [6.45, 7) is 0.612. The van der Waals surface area contributed by atoms with Crippen LogP contribution in [0.3, 0.4) is 0 Å². The van der Waals surface area contributed by atoms with Gasteiger partial charge in [-0.1, -0.05) is 34.5 Å². The van der Waals surface area contributed by atoms with Crippen LogP contribution in [0, 0.1) is 0 Å². The summed E-state index contributed by atoms with van der Waals surface area (Å²) in [5, 5.41) is 0. The van der Waals surface area contributed by atoms with E-state index in [1.54, 1.807) is 42.5 Å². The van der Waals surface area contributed by atoms with Gasteiger partial charge >= 0.3 is 5.97 Å². The first-order chi connectivity index (χ1) is 16.4. The summed E-state index contributed by atoms with van der Waals surface area (Å²) in [7, 11) is 0. The van der Waals surface area contributed by atoms with Gasteiger partial charge in [-0.15, -0.1) is 0 Å². The van der Waals surface area contributed by atoms with E-state index in [-0.39, 0.29) is 49.2 Å². The van der Waals surface area contributed by atoms with Gasteiger partial charge in [-0.3, -0.25) is 33.8 Å². The number of benzene rings is 2. The number of unbranched alkanes of at least 4 members (excludes halogenated alkanes) is 2. The number of fused-ring (bicyclic) bond motifs is 2. The molecule has 2 heterocycles. The van der Waals surface area contributed by atoms with Gasteiger partial charge in [0.2, 0.25) is 0 Å². The summed E-state index contributed by atoms with van der Waals surface area (Å²) < 4.78 is 5.94. The molecular formula is C25H23BrN2O6. The van der Waals surface area contributed by atoms with E-state index in [0.717, 1.165) is 4.47 Å². The Labute approximate surface area is 205 Å². The van der Waals surface area contributed by atoms with Crippen LogP contribution in [0.1, 0.15) is 73.5 Å². The lowest BCUT2D eigenvalue weighted by Crippen LogP contribution is -2.31. The molecule has 2 aliphatic rings. The zero-order valence-electron chi connectivity index (χ0n) is 18.4. The standard InChI is InChI=1S/C25H23BrN2O6/c26-16-10-11-19-20(15-16)25(33)28(24(19)32)13-6-14-34-21(29)9-2-1-5-12-27-22(30)17-7-3-4-8-18(17)23(27)31/h3-4,7-8,10-11,15H,1-2,5-6,9,12-14H2. The minimum atomic E-state index is -0.355. The highest BCUT2D eigenvalue weighted by molar-refractivity contribution is 9.10. The van der Waals surface area contributed by atoms with E-state index in [2.05, 4.69) is 15.9 Å². The maximum absolute atomic E-state index is 12.4. The third-order valence-corrected chi connectivity index (χ3v) is 6.36. The first kappa shape index (κ1) is 23.8. The van der Waals surface area contributed by atoms with Gasteiger partial charge in [-0.25, -0.2) is 0 Å². The maximum atomic E-state index is 12.4. The Balaban J connectivity index is 1.10. The Morgan fingerprint density at radius 1 is 0.706 bits per heavy atom. The van der Waals surface area contributed by atoms with Gasteiger partial charge in [0.25, 0.3) is 23.6 Å². The normalized spacial score (nSPS) is 14.6. The summed E-state index contributed by atoms with van der Waals surface area (Å²) in [5.74, 6) is -1.58. The molecule has 0 unspecified atom stereocenters. The van der Waals surface area contributed by atoms with Crippen molar-refractivity contribution in [2.75, 3.05) is 19.7 Å². The number of carbonyl (C=O) groups excluding carboxylic acids is 5. The Bertz CT molecular complexity index is 1140. The van der Waals surface area contributed by atoms with Gasteiger partial charge in [0, 0.05) is 24.0 Å². The monoisotopic (exact) mass is 526 g/mol. The fourth-order valence-electron chi connectivity index (χ4n) is 4.11. The lowest BCUT2D eigenvalue weighted by Gasteiger charge is -2.14. The molecule has 4 rings (SSSR count). The molecule has 0 bridgehead atoms. The van der Waals surface area contributed by atoms with Crippen molar-refractivity contribution >= 4 is 45.5 Å². The van der Waals surface area contributed by atoms with Crippen LogP contribution < -0.4 is 0 Å². The molecule has 0 saturated carbocycles. The van der Waals surface area contributed by atoms with Crippen molar-refractivity contribution in [3.05, 3.63) is 69.2 Å². The van der Waals surface area contributed by atoms with Crippen LogP contribution in [-0.4, -0.2) is 59.1 Å². The van der Waals surface area contributed by atoms with Crippen molar-refractivity contribution in [1.29, 1.82) is 0 Å². The predicted molar refractivity (Wildman–Crippen MR) is 125 cm³/mol. The second-order valence-electron chi connectivity index (χ2n) is 8.14. The lowest BCUT2D eigenvalue weighted by atomic mass is 10.1. The largest absolute Gasteiger partial charge is 0.466 e. The van der Waals surface area contributed by atoms with Gasteiger partial charge in [0.15, 0.2) is 0 Å². The van der Waals surface area contributed by atoms with Crippen molar-refractivity contribution in [3.8, 4) is 0 Å². The highest BCUT2D eigenvalue weighted by Crippen LogP contribution is 2.26. The average Bonchev–Trinajstić information content (AvgIpc) is 3.21. The first-order valence-electron chi connectivity index (χ1n) is 11.1. The Morgan fingerprint density at radius 2 is 1.26 bits per heavy atom. The highest BCUT2D eigenvalue weighted by Gasteiger charge is 2.35. The van der Waals surface area contributed by atoms with E-state index in [1.807, 2.05) is 0 Å². The van der Waals surface area contributed by atoms with E-state index in [1.165, 1.54) is 9.80 Å². The minimum Gasteiger partial charge on any atom is -0.466 e. The van der Waals surface area contributed by atoms with Crippen molar-refractivity contribution < 1.29 is 28.7 Å². The topological polar surface area (TPSA) is 101 Å². The summed E-state index contributed by atoms with van der Waals surface area (Å²) >= 11 is 3.30. The molecule has 4 amide bonds. The molecule has 0 saturated heterocycles. The van der Waals surface area contributed by atoms with Crippen molar-refractivity contribution in [2.24, 2.45) is 0 Å². The molecule has 34 heavy (non-hydrogen) atoms.